The number of primary sulfonamides is 1. The van der Waals surface area contributed by atoms with Crippen molar-refractivity contribution >= 4 is 15.9 Å². The van der Waals surface area contributed by atoms with Gasteiger partial charge in [0.2, 0.25) is 10.0 Å². The van der Waals surface area contributed by atoms with Crippen molar-refractivity contribution in [2.45, 2.75) is 17.9 Å². The van der Waals surface area contributed by atoms with Crippen LogP contribution in [0.25, 0.3) is 11.3 Å². The van der Waals surface area contributed by atoms with E-state index in [-0.39, 0.29) is 21.7 Å². The van der Waals surface area contributed by atoms with Crippen molar-refractivity contribution < 1.29 is 17.6 Å². The van der Waals surface area contributed by atoms with Gasteiger partial charge in [0.1, 0.15) is 5.82 Å². The largest absolute Gasteiger partial charge is 0.345 e. The average molecular weight is 388 g/mol. The lowest BCUT2D eigenvalue weighted by molar-refractivity contribution is 0.0940. The number of halogens is 1. The summed E-state index contributed by atoms with van der Waals surface area (Å²) in [5.74, 6) is -0.958. The second-order valence-electron chi connectivity index (χ2n) is 5.95. The number of hydrogen-bond donors (Lipinski definition) is 3. The zero-order chi connectivity index (χ0) is 19.6. The van der Waals surface area contributed by atoms with Gasteiger partial charge in [0, 0.05) is 5.56 Å². The molecule has 1 aromatic heterocycles. The molecule has 0 aliphatic rings. The number of rotatable bonds is 5. The van der Waals surface area contributed by atoms with Gasteiger partial charge in [0.05, 0.1) is 28.4 Å². The van der Waals surface area contributed by atoms with E-state index in [1.807, 2.05) is 0 Å². The fourth-order valence-electron chi connectivity index (χ4n) is 2.65. The molecule has 2 aromatic carbocycles. The molecule has 0 aliphatic carbocycles. The maximum atomic E-state index is 14.0. The van der Waals surface area contributed by atoms with E-state index in [1.54, 1.807) is 37.3 Å². The van der Waals surface area contributed by atoms with Gasteiger partial charge in [-0.05, 0) is 36.8 Å². The molecule has 0 bridgehead atoms. The van der Waals surface area contributed by atoms with Crippen LogP contribution in [0, 0.1) is 5.82 Å². The molecule has 0 spiro atoms. The third kappa shape index (κ3) is 4.04. The zero-order valence-electron chi connectivity index (χ0n) is 14.3. The third-order valence-corrected chi connectivity index (χ3v) is 4.97. The quantitative estimate of drug-likeness (QED) is 0.622. The van der Waals surface area contributed by atoms with Crippen molar-refractivity contribution in [3.8, 4) is 11.3 Å². The smallest absolute Gasteiger partial charge is 0.255 e. The van der Waals surface area contributed by atoms with Crippen molar-refractivity contribution in [1.29, 1.82) is 0 Å². The minimum Gasteiger partial charge on any atom is -0.345 e. The first-order valence-corrected chi connectivity index (χ1v) is 9.54. The van der Waals surface area contributed by atoms with Crippen molar-refractivity contribution in [1.82, 2.24) is 15.5 Å². The number of H-pyrrole nitrogens is 1. The predicted molar refractivity (Wildman–Crippen MR) is 97.7 cm³/mol. The summed E-state index contributed by atoms with van der Waals surface area (Å²) in [6.45, 7) is 1.70. The van der Waals surface area contributed by atoms with Gasteiger partial charge in [0.25, 0.3) is 5.91 Å². The first-order valence-electron chi connectivity index (χ1n) is 7.99. The first kappa shape index (κ1) is 18.7. The molecular formula is C18H17FN4O3S. The Morgan fingerprint density at radius 3 is 2.67 bits per heavy atom. The molecule has 140 valence electrons. The minimum absolute atomic E-state index is 0.0449. The molecular weight excluding hydrogens is 371 g/mol. The van der Waals surface area contributed by atoms with Crippen LogP contribution < -0.4 is 10.5 Å². The van der Waals surface area contributed by atoms with Crippen LogP contribution >= 0.6 is 0 Å². The summed E-state index contributed by atoms with van der Waals surface area (Å²) in [5, 5.41) is 14.4. The van der Waals surface area contributed by atoms with Crippen molar-refractivity contribution in [3.05, 3.63) is 71.7 Å². The number of hydrogen-bond acceptors (Lipinski definition) is 4. The van der Waals surface area contributed by atoms with Crippen molar-refractivity contribution in [3.63, 3.8) is 0 Å². The number of carbonyl (C=O) groups is 1. The molecule has 1 atom stereocenters. The summed E-state index contributed by atoms with van der Waals surface area (Å²) in [5.41, 5.74) is 1.22. The number of nitrogens with zero attached hydrogens (tertiary/aromatic N) is 1. The number of nitrogens with one attached hydrogen (secondary N) is 2. The Bertz CT molecular complexity index is 1100. The Hall–Kier alpha value is -3.04. The number of amides is 1. The molecule has 0 saturated heterocycles. The van der Waals surface area contributed by atoms with Crippen molar-refractivity contribution in [2.75, 3.05) is 0 Å². The summed E-state index contributed by atoms with van der Waals surface area (Å²) in [7, 11) is -3.85. The van der Waals surface area contributed by atoms with Crippen LogP contribution in [-0.4, -0.2) is 24.5 Å². The van der Waals surface area contributed by atoms with Gasteiger partial charge in [-0.25, -0.2) is 17.9 Å². The summed E-state index contributed by atoms with van der Waals surface area (Å²) < 4.78 is 37.0. The highest BCUT2D eigenvalue weighted by atomic mass is 32.2. The highest BCUT2D eigenvalue weighted by Gasteiger charge is 2.20. The molecule has 0 saturated carbocycles. The second kappa shape index (κ2) is 7.29. The lowest BCUT2D eigenvalue weighted by atomic mass is 10.1. The fraction of sp³-hybridized carbons (Fsp3) is 0.111. The normalized spacial score (nSPS) is 12.6. The van der Waals surface area contributed by atoms with Crippen LogP contribution in [0.5, 0.6) is 0 Å². The van der Waals surface area contributed by atoms with E-state index in [0.717, 1.165) is 0 Å². The fourth-order valence-corrected chi connectivity index (χ4v) is 3.21. The monoisotopic (exact) mass is 388 g/mol. The van der Waals surface area contributed by atoms with Gasteiger partial charge in [-0.2, -0.15) is 5.10 Å². The molecule has 1 amide bonds. The molecule has 3 rings (SSSR count). The summed E-state index contributed by atoms with van der Waals surface area (Å²) >= 11 is 0. The van der Waals surface area contributed by atoms with Crippen LogP contribution in [0.2, 0.25) is 0 Å². The molecule has 1 unspecified atom stereocenters. The van der Waals surface area contributed by atoms with Crippen LogP contribution in [0.4, 0.5) is 4.39 Å². The number of sulfonamides is 1. The molecule has 0 aliphatic heterocycles. The first-order chi connectivity index (χ1) is 12.8. The zero-order valence-corrected chi connectivity index (χ0v) is 15.1. The summed E-state index contributed by atoms with van der Waals surface area (Å²) in [6.07, 6.45) is 1.31. The van der Waals surface area contributed by atoms with E-state index in [4.69, 9.17) is 5.14 Å². The molecule has 3 aromatic rings. The van der Waals surface area contributed by atoms with Gasteiger partial charge >= 0.3 is 0 Å². The number of aromatic amines is 1. The number of aromatic nitrogens is 2. The van der Waals surface area contributed by atoms with E-state index >= 15 is 0 Å². The van der Waals surface area contributed by atoms with E-state index in [2.05, 4.69) is 15.5 Å². The second-order valence-corrected chi connectivity index (χ2v) is 7.51. The standard InChI is InChI=1S/C18H17FN4O3S/c1-11(12-5-4-6-13(9-12)27(20,25)26)22-18(24)15-10-21-23-17(15)14-7-2-3-8-16(14)19/h2-11H,1H3,(H,21,23)(H,22,24)(H2,20,25,26). The molecule has 1 heterocycles. The van der Waals surface area contributed by atoms with Crippen LogP contribution in [-0.2, 0) is 10.0 Å². The number of carbonyl (C=O) groups excluding carboxylic acids is 1. The molecule has 9 heteroatoms. The minimum atomic E-state index is -3.85. The Labute approximate surface area is 155 Å². The van der Waals surface area contributed by atoms with Gasteiger partial charge in [-0.1, -0.05) is 24.3 Å². The predicted octanol–water partition coefficient (Wildman–Crippen LogP) is 2.35. The van der Waals surface area contributed by atoms with Gasteiger partial charge in [0.15, 0.2) is 0 Å². The van der Waals surface area contributed by atoms with E-state index in [0.29, 0.717) is 5.56 Å². The van der Waals surface area contributed by atoms with Gasteiger partial charge < -0.3 is 5.32 Å². The maximum absolute atomic E-state index is 14.0. The van der Waals surface area contributed by atoms with E-state index < -0.39 is 27.8 Å². The summed E-state index contributed by atoms with van der Waals surface area (Å²) in [6, 6.07) is 11.5. The number of benzene rings is 2. The Morgan fingerprint density at radius 1 is 1.22 bits per heavy atom. The van der Waals surface area contributed by atoms with E-state index in [1.165, 1.54) is 24.4 Å². The third-order valence-electron chi connectivity index (χ3n) is 4.06. The molecule has 0 radical (unpaired) electrons. The Balaban J connectivity index is 1.85. The molecule has 4 N–H and O–H groups in total. The number of nitrogens with two attached hydrogens (primary N) is 1. The SMILES string of the molecule is CC(NC(=O)c1cn[nH]c1-c1ccccc1F)c1cccc(S(N)(=O)=O)c1. The lowest BCUT2D eigenvalue weighted by Crippen LogP contribution is -2.27. The lowest BCUT2D eigenvalue weighted by Gasteiger charge is -2.15. The Kier molecular flexibility index (Phi) is 5.06. The Morgan fingerprint density at radius 2 is 1.96 bits per heavy atom. The molecule has 0 fully saturated rings. The van der Waals surface area contributed by atoms with Crippen molar-refractivity contribution in [2.24, 2.45) is 5.14 Å². The highest BCUT2D eigenvalue weighted by Crippen LogP contribution is 2.25. The topological polar surface area (TPSA) is 118 Å². The van der Waals surface area contributed by atoms with Crippen LogP contribution in [0.15, 0.2) is 59.6 Å². The highest BCUT2D eigenvalue weighted by molar-refractivity contribution is 7.89. The average Bonchev–Trinajstić information content (AvgIpc) is 3.11. The van der Waals surface area contributed by atoms with E-state index in [9.17, 15) is 17.6 Å². The van der Waals surface area contributed by atoms with Crippen LogP contribution in [0.1, 0.15) is 28.9 Å². The molecule has 7 nitrogen and oxygen atoms in total. The maximum Gasteiger partial charge on any atom is 0.255 e. The molecule has 27 heavy (non-hydrogen) atoms. The van der Waals surface area contributed by atoms with Gasteiger partial charge in [-0.15, -0.1) is 0 Å². The van der Waals surface area contributed by atoms with Crippen LogP contribution in [0.3, 0.4) is 0 Å². The van der Waals surface area contributed by atoms with Gasteiger partial charge in [-0.3, -0.25) is 9.89 Å². The summed E-state index contributed by atoms with van der Waals surface area (Å²) in [4.78, 5) is 12.6.